The number of nitrogens with zero attached hydrogens (tertiary/aromatic N) is 1. The molecule has 2 aliphatic rings. The van der Waals surface area contributed by atoms with E-state index in [1.54, 1.807) is 0 Å². The Hall–Kier alpha value is -1.39. The number of carbonyl (C=O) groups is 1. The van der Waals surface area contributed by atoms with Gasteiger partial charge < -0.3 is 9.47 Å². The highest BCUT2D eigenvalue weighted by molar-refractivity contribution is 5.91. The first-order chi connectivity index (χ1) is 9.17. The van der Waals surface area contributed by atoms with Gasteiger partial charge in [0, 0.05) is 19.1 Å². The maximum atomic E-state index is 11.7. The van der Waals surface area contributed by atoms with Crippen LogP contribution in [0.4, 0.5) is 0 Å². The normalized spacial score (nSPS) is 25.8. The average molecular weight is 261 g/mol. The van der Waals surface area contributed by atoms with Crippen molar-refractivity contribution < 1.29 is 14.3 Å². The molecule has 2 heterocycles. The molecule has 2 aliphatic heterocycles. The van der Waals surface area contributed by atoms with Crippen LogP contribution in [0.5, 0.6) is 0 Å². The molecule has 0 radical (unpaired) electrons. The van der Waals surface area contributed by atoms with Crippen molar-refractivity contribution in [3.63, 3.8) is 0 Å². The molecule has 0 amide bonds. The molecule has 2 bridgehead atoms. The Morgan fingerprint density at radius 2 is 2.37 bits per heavy atom. The molecule has 0 saturated carbocycles. The second-order valence-corrected chi connectivity index (χ2v) is 5.42. The molecule has 2 atom stereocenters. The Bertz CT molecular complexity index is 500. The number of morpholine rings is 1. The Balaban J connectivity index is 1.76. The lowest BCUT2D eigenvalue weighted by molar-refractivity contribution is 0.0273. The first-order valence-corrected chi connectivity index (χ1v) is 6.71. The standard InChI is InChI=1S/C15H19NO3/c1-10-3-4-11(5-14(10)15(17)18-2)7-16-8-13-6-12(16)9-19-13/h3-5,12-13H,6-9H2,1-2H3/t12-,13-/m0/s1. The first-order valence-electron chi connectivity index (χ1n) is 6.71. The number of benzene rings is 1. The van der Waals surface area contributed by atoms with Gasteiger partial charge >= 0.3 is 5.97 Å². The van der Waals surface area contributed by atoms with Crippen molar-refractivity contribution in [1.82, 2.24) is 4.90 Å². The SMILES string of the molecule is COC(=O)c1cc(CN2C[C@@H]3C[C@H]2CO3)ccc1C. The number of aryl methyl sites for hydroxylation is 1. The third-order valence-electron chi connectivity index (χ3n) is 4.11. The number of rotatable bonds is 3. The number of ether oxygens (including phenoxy) is 2. The lowest BCUT2D eigenvalue weighted by atomic mass is 10.0. The molecule has 0 aromatic heterocycles. The molecule has 0 aliphatic carbocycles. The van der Waals surface area contributed by atoms with Crippen molar-refractivity contribution in [1.29, 1.82) is 0 Å². The first kappa shape index (κ1) is 12.6. The van der Waals surface area contributed by atoms with Gasteiger partial charge in [-0.25, -0.2) is 4.79 Å². The predicted octanol–water partition coefficient (Wildman–Crippen LogP) is 1.75. The molecule has 0 unspecified atom stereocenters. The van der Waals surface area contributed by atoms with E-state index in [2.05, 4.69) is 11.0 Å². The number of esters is 1. The van der Waals surface area contributed by atoms with Gasteiger partial charge in [0.1, 0.15) is 0 Å². The summed E-state index contributed by atoms with van der Waals surface area (Å²) in [5.74, 6) is -0.259. The zero-order chi connectivity index (χ0) is 13.4. The van der Waals surface area contributed by atoms with Crippen molar-refractivity contribution in [2.75, 3.05) is 20.3 Å². The number of fused-ring (bicyclic) bond motifs is 2. The summed E-state index contributed by atoms with van der Waals surface area (Å²) in [7, 11) is 1.42. The van der Waals surface area contributed by atoms with E-state index in [1.165, 1.54) is 12.7 Å². The topological polar surface area (TPSA) is 38.8 Å². The molecule has 0 N–H and O–H groups in total. The van der Waals surface area contributed by atoms with Crippen molar-refractivity contribution in [3.8, 4) is 0 Å². The fourth-order valence-electron chi connectivity index (χ4n) is 3.00. The van der Waals surface area contributed by atoms with E-state index in [1.807, 2.05) is 19.1 Å². The Labute approximate surface area is 113 Å². The highest BCUT2D eigenvalue weighted by Gasteiger charge is 2.38. The van der Waals surface area contributed by atoms with Gasteiger partial charge in [0.15, 0.2) is 0 Å². The van der Waals surface area contributed by atoms with Crippen molar-refractivity contribution >= 4 is 5.97 Å². The zero-order valence-corrected chi connectivity index (χ0v) is 11.4. The summed E-state index contributed by atoms with van der Waals surface area (Å²) in [5, 5.41) is 0. The Kier molecular flexibility index (Phi) is 3.29. The molecular weight excluding hydrogens is 242 g/mol. The molecule has 2 fully saturated rings. The van der Waals surface area contributed by atoms with Gasteiger partial charge in [-0.15, -0.1) is 0 Å². The van der Waals surface area contributed by atoms with Crippen LogP contribution in [0.2, 0.25) is 0 Å². The zero-order valence-electron chi connectivity index (χ0n) is 11.4. The number of hydrogen-bond donors (Lipinski definition) is 0. The van der Waals surface area contributed by atoms with Crippen LogP contribution in [0.1, 0.15) is 27.9 Å². The highest BCUT2D eigenvalue weighted by atomic mass is 16.5. The van der Waals surface area contributed by atoms with Gasteiger partial charge in [-0.2, -0.15) is 0 Å². The average Bonchev–Trinajstić information content (AvgIpc) is 3.02. The largest absolute Gasteiger partial charge is 0.465 e. The summed E-state index contributed by atoms with van der Waals surface area (Å²) in [4.78, 5) is 14.1. The van der Waals surface area contributed by atoms with Crippen molar-refractivity contribution in [2.24, 2.45) is 0 Å². The molecule has 1 aromatic carbocycles. The molecule has 1 aromatic rings. The summed E-state index contributed by atoms with van der Waals surface area (Å²) >= 11 is 0. The molecule has 4 heteroatoms. The summed E-state index contributed by atoms with van der Waals surface area (Å²) in [6.45, 7) is 4.67. The van der Waals surface area contributed by atoms with Crippen LogP contribution in [-0.4, -0.2) is 43.3 Å². The third kappa shape index (κ3) is 2.38. The maximum absolute atomic E-state index is 11.7. The van der Waals surface area contributed by atoms with Crippen molar-refractivity contribution in [2.45, 2.75) is 32.0 Å². The van der Waals surface area contributed by atoms with Crippen LogP contribution < -0.4 is 0 Å². The minimum Gasteiger partial charge on any atom is -0.465 e. The molecule has 4 nitrogen and oxygen atoms in total. The van der Waals surface area contributed by atoms with E-state index in [0.29, 0.717) is 17.7 Å². The lowest BCUT2D eigenvalue weighted by Crippen LogP contribution is -2.36. The van der Waals surface area contributed by atoms with Crippen LogP contribution >= 0.6 is 0 Å². The van der Waals surface area contributed by atoms with Crippen LogP contribution in [-0.2, 0) is 16.0 Å². The Morgan fingerprint density at radius 1 is 1.53 bits per heavy atom. The van der Waals surface area contributed by atoms with Crippen LogP contribution in [0.15, 0.2) is 18.2 Å². The second kappa shape index (κ2) is 4.94. The third-order valence-corrected chi connectivity index (χ3v) is 4.11. The molecule has 0 spiro atoms. The fraction of sp³-hybridized carbons (Fsp3) is 0.533. The number of hydrogen-bond acceptors (Lipinski definition) is 4. The molecular formula is C15H19NO3. The molecule has 19 heavy (non-hydrogen) atoms. The summed E-state index contributed by atoms with van der Waals surface area (Å²) in [6.07, 6.45) is 1.56. The second-order valence-electron chi connectivity index (χ2n) is 5.42. The minimum atomic E-state index is -0.259. The van der Waals surface area contributed by atoms with Gasteiger partial charge in [0.25, 0.3) is 0 Å². The van der Waals surface area contributed by atoms with E-state index < -0.39 is 0 Å². The van der Waals surface area contributed by atoms with E-state index in [9.17, 15) is 4.79 Å². The van der Waals surface area contributed by atoms with E-state index in [4.69, 9.17) is 9.47 Å². The van der Waals surface area contributed by atoms with Gasteiger partial charge in [-0.05, 0) is 30.5 Å². The monoisotopic (exact) mass is 261 g/mol. The maximum Gasteiger partial charge on any atom is 0.338 e. The number of carbonyl (C=O) groups excluding carboxylic acids is 1. The fourth-order valence-corrected chi connectivity index (χ4v) is 3.00. The van der Waals surface area contributed by atoms with Crippen LogP contribution in [0.3, 0.4) is 0 Å². The Morgan fingerprint density at radius 3 is 3.00 bits per heavy atom. The lowest BCUT2D eigenvalue weighted by Gasteiger charge is -2.26. The van der Waals surface area contributed by atoms with Gasteiger partial charge in [0.2, 0.25) is 0 Å². The van der Waals surface area contributed by atoms with Crippen molar-refractivity contribution in [3.05, 3.63) is 34.9 Å². The molecule has 3 rings (SSSR count). The van der Waals surface area contributed by atoms with E-state index in [0.717, 1.165) is 31.7 Å². The summed E-state index contributed by atoms with van der Waals surface area (Å²) in [5.41, 5.74) is 2.79. The molecule has 102 valence electrons. The van der Waals surface area contributed by atoms with Gasteiger partial charge in [-0.3, -0.25) is 4.90 Å². The number of likely N-dealkylation sites (tertiary alicyclic amines) is 1. The number of methoxy groups -OCH3 is 1. The van der Waals surface area contributed by atoms with Gasteiger partial charge in [0.05, 0.1) is 25.4 Å². The predicted molar refractivity (Wildman–Crippen MR) is 71.1 cm³/mol. The quantitative estimate of drug-likeness (QED) is 0.777. The summed E-state index contributed by atoms with van der Waals surface area (Å²) in [6, 6.07) is 6.59. The highest BCUT2D eigenvalue weighted by Crippen LogP contribution is 2.29. The van der Waals surface area contributed by atoms with Crippen LogP contribution in [0, 0.1) is 6.92 Å². The molecule has 2 saturated heterocycles. The smallest absolute Gasteiger partial charge is 0.338 e. The van der Waals surface area contributed by atoms with Gasteiger partial charge in [-0.1, -0.05) is 12.1 Å². The van der Waals surface area contributed by atoms with E-state index in [-0.39, 0.29) is 5.97 Å². The van der Waals surface area contributed by atoms with E-state index >= 15 is 0 Å². The summed E-state index contributed by atoms with van der Waals surface area (Å²) < 4.78 is 10.4. The van der Waals surface area contributed by atoms with Crippen LogP contribution in [0.25, 0.3) is 0 Å². The minimum absolute atomic E-state index is 0.259.